The average Bonchev–Trinajstić information content (AvgIpc) is 2.41. The highest BCUT2D eigenvalue weighted by atomic mass is 19.3. The van der Waals surface area contributed by atoms with Gasteiger partial charge < -0.3 is 5.11 Å². The molecule has 0 bridgehead atoms. The molecule has 2 heterocycles. The van der Waals surface area contributed by atoms with Gasteiger partial charge in [-0.25, -0.2) is 0 Å². The lowest BCUT2D eigenvalue weighted by atomic mass is 10.00. The molecule has 1 saturated heterocycles. The van der Waals surface area contributed by atoms with Crippen LogP contribution in [0.15, 0.2) is 24.3 Å². The first-order valence-electron chi connectivity index (χ1n) is 6.71. The fraction of sp³-hybridized carbons (Fsp3) is 0.333. The van der Waals surface area contributed by atoms with E-state index in [0.717, 1.165) is 22.2 Å². The van der Waals surface area contributed by atoms with Crippen LogP contribution in [0.25, 0.3) is 10.9 Å². The number of hydrogen-bond acceptors (Lipinski definition) is 4. The number of aryl methyl sites for hydroxylation is 1. The summed E-state index contributed by atoms with van der Waals surface area (Å²) < 4.78 is 12.2. The molecule has 5 nitrogen and oxygen atoms in total. The van der Waals surface area contributed by atoms with Gasteiger partial charge in [0.15, 0.2) is 5.75 Å². The van der Waals surface area contributed by atoms with Crippen molar-refractivity contribution in [3.8, 4) is 5.75 Å². The van der Waals surface area contributed by atoms with E-state index in [1.54, 1.807) is 12.1 Å². The van der Waals surface area contributed by atoms with Gasteiger partial charge in [-0.15, -0.1) is 0 Å². The number of benzene rings is 1. The Kier molecular flexibility index (Phi) is 3.47. The summed E-state index contributed by atoms with van der Waals surface area (Å²) in [5.41, 5.74) is 2.66. The van der Waals surface area contributed by atoms with Crippen molar-refractivity contribution in [1.82, 2.24) is 9.88 Å². The number of rotatable bonds is 4. The van der Waals surface area contributed by atoms with E-state index in [2.05, 4.69) is 9.93 Å². The highest BCUT2D eigenvalue weighted by molar-refractivity contribution is 5.83. The molecule has 1 aromatic heterocycles. The number of halogens is 1. The maximum atomic E-state index is 12.2. The number of pyridine rings is 1. The van der Waals surface area contributed by atoms with Crippen LogP contribution in [0.4, 0.5) is 4.53 Å². The molecule has 0 aliphatic carbocycles. The molecule has 3 rings (SSSR count). The number of carbonyl (C=O) groups is 1. The number of hydrogen-bond donors (Lipinski definition) is 1. The molecule has 2 aromatic rings. The number of carboxylic acids is 1. The topological polar surface area (TPSA) is 62.7 Å². The van der Waals surface area contributed by atoms with Crippen molar-refractivity contribution in [1.29, 1.82) is 0 Å². The zero-order chi connectivity index (χ0) is 15.0. The van der Waals surface area contributed by atoms with Crippen molar-refractivity contribution in [3.05, 3.63) is 35.5 Å². The summed E-state index contributed by atoms with van der Waals surface area (Å²) in [6.45, 7) is 3.68. The summed E-state index contributed by atoms with van der Waals surface area (Å²) in [4.78, 5) is 21.1. The molecule has 0 saturated carbocycles. The van der Waals surface area contributed by atoms with E-state index in [0.29, 0.717) is 19.6 Å². The van der Waals surface area contributed by atoms with Crippen molar-refractivity contribution in [2.24, 2.45) is 5.92 Å². The van der Waals surface area contributed by atoms with Gasteiger partial charge in [0.2, 0.25) is 0 Å². The molecule has 0 amide bonds. The third-order valence-electron chi connectivity index (χ3n) is 3.82. The van der Waals surface area contributed by atoms with Crippen molar-refractivity contribution < 1.29 is 19.4 Å². The number of aromatic nitrogens is 1. The van der Waals surface area contributed by atoms with Crippen LogP contribution in [0.2, 0.25) is 0 Å². The van der Waals surface area contributed by atoms with Crippen molar-refractivity contribution in [2.75, 3.05) is 13.1 Å². The van der Waals surface area contributed by atoms with E-state index in [1.165, 1.54) is 6.07 Å². The molecule has 0 radical (unpaired) electrons. The lowest BCUT2D eigenvalue weighted by molar-refractivity contribution is -0.147. The molecule has 0 unspecified atom stereocenters. The molecule has 1 N–H and O–H groups in total. The van der Waals surface area contributed by atoms with Crippen LogP contribution >= 0.6 is 0 Å². The lowest BCUT2D eigenvalue weighted by Gasteiger charge is -2.36. The fourth-order valence-electron chi connectivity index (χ4n) is 2.66. The third-order valence-corrected chi connectivity index (χ3v) is 3.82. The lowest BCUT2D eigenvalue weighted by Crippen LogP contribution is -2.49. The largest absolute Gasteiger partial charge is 0.481 e. The summed E-state index contributed by atoms with van der Waals surface area (Å²) in [6, 6.07) is 6.81. The van der Waals surface area contributed by atoms with Gasteiger partial charge in [0.1, 0.15) is 0 Å². The second-order valence-electron chi connectivity index (χ2n) is 5.42. The van der Waals surface area contributed by atoms with E-state index in [4.69, 9.17) is 5.11 Å². The zero-order valence-corrected chi connectivity index (χ0v) is 11.5. The normalized spacial score (nSPS) is 15.9. The maximum absolute atomic E-state index is 12.2. The van der Waals surface area contributed by atoms with Crippen LogP contribution in [0, 0.1) is 12.8 Å². The SMILES string of the molecule is Cc1cc(CN2CC(C(=O)O)C2)nc2ccc(OF)cc12. The molecule has 1 aliphatic rings. The second kappa shape index (κ2) is 5.29. The molecule has 21 heavy (non-hydrogen) atoms. The Hall–Kier alpha value is -2.21. The van der Waals surface area contributed by atoms with E-state index < -0.39 is 5.97 Å². The number of carboxylic acid groups (broad SMARTS) is 1. The van der Waals surface area contributed by atoms with E-state index in [1.807, 2.05) is 17.9 Å². The molecule has 1 aromatic carbocycles. The van der Waals surface area contributed by atoms with Crippen LogP contribution in [-0.2, 0) is 11.3 Å². The number of nitrogens with zero attached hydrogens (tertiary/aromatic N) is 2. The van der Waals surface area contributed by atoms with Gasteiger partial charge in [0.05, 0.1) is 17.1 Å². The smallest absolute Gasteiger partial charge is 0.309 e. The predicted molar refractivity (Wildman–Crippen MR) is 74.6 cm³/mol. The third kappa shape index (κ3) is 2.67. The van der Waals surface area contributed by atoms with Gasteiger partial charge in [-0.1, -0.05) is 0 Å². The zero-order valence-electron chi connectivity index (χ0n) is 11.5. The molecule has 1 fully saturated rings. The van der Waals surface area contributed by atoms with Crippen LogP contribution in [-0.4, -0.2) is 34.0 Å². The van der Waals surface area contributed by atoms with E-state index >= 15 is 0 Å². The molecular weight excluding hydrogens is 275 g/mol. The van der Waals surface area contributed by atoms with Gasteiger partial charge >= 0.3 is 5.97 Å². The Morgan fingerprint density at radius 3 is 2.90 bits per heavy atom. The highest BCUT2D eigenvalue weighted by Crippen LogP contribution is 2.25. The Morgan fingerprint density at radius 1 is 1.48 bits per heavy atom. The first-order valence-corrected chi connectivity index (χ1v) is 6.71. The van der Waals surface area contributed by atoms with Crippen molar-refractivity contribution in [3.63, 3.8) is 0 Å². The number of fused-ring (bicyclic) bond motifs is 1. The fourth-order valence-corrected chi connectivity index (χ4v) is 2.66. The van der Waals surface area contributed by atoms with Crippen molar-refractivity contribution >= 4 is 16.9 Å². The number of likely N-dealkylation sites (tertiary alicyclic amines) is 1. The molecule has 6 heteroatoms. The number of aliphatic carboxylic acids is 1. The van der Waals surface area contributed by atoms with E-state index in [9.17, 15) is 9.32 Å². The van der Waals surface area contributed by atoms with Crippen LogP contribution in [0.1, 0.15) is 11.3 Å². The van der Waals surface area contributed by atoms with Gasteiger partial charge in [-0.2, -0.15) is 0 Å². The molecular formula is C15H15FN2O3. The van der Waals surface area contributed by atoms with Gasteiger partial charge in [-0.05, 0) is 36.8 Å². The Morgan fingerprint density at radius 2 is 2.24 bits per heavy atom. The summed E-state index contributed by atoms with van der Waals surface area (Å²) in [5, 5.41) is 9.72. The van der Waals surface area contributed by atoms with Gasteiger partial charge in [0, 0.05) is 29.5 Å². The molecule has 1 aliphatic heterocycles. The van der Waals surface area contributed by atoms with Crippen LogP contribution < -0.4 is 4.94 Å². The quantitative estimate of drug-likeness (QED) is 0.936. The first kappa shape index (κ1) is 13.8. The monoisotopic (exact) mass is 290 g/mol. The highest BCUT2D eigenvalue weighted by Gasteiger charge is 2.32. The first-order chi connectivity index (χ1) is 10.1. The maximum Gasteiger partial charge on any atom is 0.309 e. The summed E-state index contributed by atoms with van der Waals surface area (Å²) in [7, 11) is 0. The molecule has 0 spiro atoms. The standard InChI is InChI=1S/C15H15FN2O3/c1-9-4-11(8-18-6-10(7-18)15(19)20)17-14-3-2-12(21-16)5-13(9)14/h2-5,10H,6-8H2,1H3,(H,19,20). The second-order valence-corrected chi connectivity index (χ2v) is 5.42. The van der Waals surface area contributed by atoms with Gasteiger partial charge in [0.25, 0.3) is 0 Å². The van der Waals surface area contributed by atoms with Crippen LogP contribution in [0.3, 0.4) is 0 Å². The minimum atomic E-state index is -0.743. The summed E-state index contributed by atoms with van der Waals surface area (Å²) in [6.07, 6.45) is 0. The molecule has 0 atom stereocenters. The molecule has 110 valence electrons. The minimum Gasteiger partial charge on any atom is -0.481 e. The summed E-state index contributed by atoms with van der Waals surface area (Å²) >= 11 is 0. The Balaban J connectivity index is 1.80. The van der Waals surface area contributed by atoms with Gasteiger partial charge in [-0.3, -0.25) is 19.6 Å². The Labute approximate surface area is 120 Å². The minimum absolute atomic E-state index is 0.159. The van der Waals surface area contributed by atoms with Crippen molar-refractivity contribution in [2.45, 2.75) is 13.5 Å². The average molecular weight is 290 g/mol. The van der Waals surface area contributed by atoms with E-state index in [-0.39, 0.29) is 11.7 Å². The predicted octanol–water partition coefficient (Wildman–Crippen LogP) is 2.32. The van der Waals surface area contributed by atoms with Crippen LogP contribution in [0.5, 0.6) is 5.75 Å². The summed E-state index contributed by atoms with van der Waals surface area (Å²) in [5.74, 6) is -0.851. The Bertz CT molecular complexity index is 699.